The maximum absolute atomic E-state index is 4.74. The lowest BCUT2D eigenvalue weighted by atomic mass is 10.2. The number of para-hydroxylation sites is 2. The number of benzene rings is 4. The van der Waals surface area contributed by atoms with Crippen molar-refractivity contribution in [2.75, 3.05) is 0 Å². The average Bonchev–Trinajstić information content (AvgIpc) is 2.83. The van der Waals surface area contributed by atoms with Gasteiger partial charge >= 0.3 is 0 Å². The monoisotopic (exact) mass is 452 g/mol. The first-order chi connectivity index (χ1) is 15.7. The van der Waals surface area contributed by atoms with Crippen molar-refractivity contribution in [3.05, 3.63) is 119 Å². The third-order valence-corrected chi connectivity index (χ3v) is 7.27. The van der Waals surface area contributed by atoms with Crippen LogP contribution in [0.4, 0.5) is 11.4 Å². The largest absolute Gasteiger partial charge is 0.255 e. The van der Waals surface area contributed by atoms with Crippen molar-refractivity contribution in [3.63, 3.8) is 0 Å². The Morgan fingerprint density at radius 1 is 0.500 bits per heavy atom. The first-order valence-corrected chi connectivity index (χ1v) is 12.6. The van der Waals surface area contributed by atoms with E-state index in [0.29, 0.717) is 0 Å². The Bertz CT molecular complexity index is 1130. The van der Waals surface area contributed by atoms with E-state index in [9.17, 15) is 0 Å². The molecule has 0 spiro atoms. The average molecular weight is 453 g/mol. The van der Waals surface area contributed by atoms with Crippen molar-refractivity contribution in [1.29, 1.82) is 0 Å². The van der Waals surface area contributed by atoms with Gasteiger partial charge < -0.3 is 0 Å². The normalized spacial score (nSPS) is 11.4. The molecule has 0 amide bonds. The zero-order valence-electron chi connectivity index (χ0n) is 18.1. The summed E-state index contributed by atoms with van der Waals surface area (Å²) in [6, 6.07) is 33.2. The highest BCUT2D eigenvalue weighted by atomic mass is 33.1. The van der Waals surface area contributed by atoms with Crippen molar-refractivity contribution in [2.45, 2.75) is 23.6 Å². The Balaban J connectivity index is 1.48. The zero-order chi connectivity index (χ0) is 22.2. The Morgan fingerprint density at radius 2 is 0.875 bits per heavy atom. The van der Waals surface area contributed by atoms with Crippen molar-refractivity contribution in [3.8, 4) is 0 Å². The van der Waals surface area contributed by atoms with Gasteiger partial charge in [0.15, 0.2) is 0 Å². The van der Waals surface area contributed by atoms with Crippen LogP contribution in [0.2, 0.25) is 0 Å². The Morgan fingerprint density at radius 3 is 1.28 bits per heavy atom. The molecule has 158 valence electrons. The Hall–Kier alpha value is -3.08. The predicted molar refractivity (Wildman–Crippen MR) is 141 cm³/mol. The summed E-state index contributed by atoms with van der Waals surface area (Å²) in [7, 11) is 3.41. The van der Waals surface area contributed by atoms with E-state index in [4.69, 9.17) is 9.98 Å². The summed E-state index contributed by atoms with van der Waals surface area (Å²) >= 11 is 0. The SMILES string of the molecule is Cc1ccc(C=Nc2ccccc2SSc2ccccc2N=Cc2ccc(C)cc2)cc1. The molecule has 0 aliphatic carbocycles. The van der Waals surface area contributed by atoms with E-state index < -0.39 is 0 Å². The molecule has 0 saturated carbocycles. The molecular formula is C28H24N2S2. The third-order valence-electron chi connectivity index (χ3n) is 4.81. The lowest BCUT2D eigenvalue weighted by molar-refractivity contribution is 1.38. The molecule has 0 atom stereocenters. The van der Waals surface area contributed by atoms with Gasteiger partial charge in [-0.15, -0.1) is 0 Å². The fraction of sp³-hybridized carbons (Fsp3) is 0.0714. The summed E-state index contributed by atoms with van der Waals surface area (Å²) in [6.45, 7) is 4.18. The second-order valence-electron chi connectivity index (χ2n) is 7.44. The molecular weight excluding hydrogens is 428 g/mol. The van der Waals surface area contributed by atoms with Crippen LogP contribution in [0.15, 0.2) is 117 Å². The van der Waals surface area contributed by atoms with Crippen molar-refractivity contribution >= 4 is 45.4 Å². The molecule has 0 aliphatic heterocycles. The summed E-state index contributed by atoms with van der Waals surface area (Å²) in [5, 5.41) is 0. The molecule has 0 saturated heterocycles. The van der Waals surface area contributed by atoms with Crippen LogP contribution in [0.3, 0.4) is 0 Å². The quantitative estimate of drug-likeness (QED) is 0.207. The molecule has 2 nitrogen and oxygen atoms in total. The number of aliphatic imine (C=N–C) groups is 2. The Kier molecular flexibility index (Phi) is 7.59. The van der Waals surface area contributed by atoms with Gasteiger partial charge in [-0.2, -0.15) is 0 Å². The van der Waals surface area contributed by atoms with Gasteiger partial charge in [0.2, 0.25) is 0 Å². The fourth-order valence-corrected chi connectivity index (χ4v) is 5.20. The van der Waals surface area contributed by atoms with Crippen LogP contribution in [0.25, 0.3) is 0 Å². The molecule has 0 N–H and O–H groups in total. The summed E-state index contributed by atoms with van der Waals surface area (Å²) in [5.74, 6) is 0. The van der Waals surface area contributed by atoms with E-state index in [1.807, 2.05) is 24.6 Å². The minimum atomic E-state index is 0.964. The van der Waals surface area contributed by atoms with Gasteiger partial charge in [0.1, 0.15) is 0 Å². The molecule has 0 aromatic heterocycles. The summed E-state index contributed by atoms with van der Waals surface area (Å²) in [5.41, 5.74) is 6.62. The van der Waals surface area contributed by atoms with Crippen molar-refractivity contribution in [1.82, 2.24) is 0 Å². The Labute approximate surface area is 197 Å². The summed E-state index contributed by atoms with van der Waals surface area (Å²) in [6.07, 6.45) is 3.84. The van der Waals surface area contributed by atoms with Crippen LogP contribution < -0.4 is 0 Å². The van der Waals surface area contributed by atoms with Gasteiger partial charge in [-0.1, -0.05) is 106 Å². The molecule has 4 heteroatoms. The van der Waals surface area contributed by atoms with Gasteiger partial charge in [-0.3, -0.25) is 9.98 Å². The first-order valence-electron chi connectivity index (χ1n) is 10.4. The van der Waals surface area contributed by atoms with Gasteiger partial charge in [0.25, 0.3) is 0 Å². The third kappa shape index (κ3) is 6.22. The first kappa shape index (κ1) is 22.1. The molecule has 32 heavy (non-hydrogen) atoms. The van der Waals surface area contributed by atoms with Crippen LogP contribution in [0.1, 0.15) is 22.3 Å². The number of rotatable bonds is 7. The van der Waals surface area contributed by atoms with Gasteiger partial charge in [0.05, 0.1) is 11.4 Å². The maximum Gasteiger partial charge on any atom is 0.0774 e. The smallest absolute Gasteiger partial charge is 0.0774 e. The number of hydrogen-bond donors (Lipinski definition) is 0. The fourth-order valence-electron chi connectivity index (χ4n) is 2.95. The molecule has 4 aromatic carbocycles. The minimum absolute atomic E-state index is 0.964. The maximum atomic E-state index is 4.74. The van der Waals surface area contributed by atoms with E-state index in [1.54, 1.807) is 21.6 Å². The molecule has 0 bridgehead atoms. The lowest BCUT2D eigenvalue weighted by Gasteiger charge is -2.07. The van der Waals surface area contributed by atoms with Crippen LogP contribution in [-0.2, 0) is 0 Å². The second kappa shape index (κ2) is 11.0. The zero-order valence-corrected chi connectivity index (χ0v) is 19.7. The van der Waals surface area contributed by atoms with E-state index in [2.05, 4.69) is 98.8 Å². The molecule has 4 aromatic rings. The predicted octanol–water partition coefficient (Wildman–Crippen LogP) is 8.60. The topological polar surface area (TPSA) is 24.7 Å². The minimum Gasteiger partial charge on any atom is -0.255 e. The van der Waals surface area contributed by atoms with Crippen molar-refractivity contribution in [2.24, 2.45) is 9.98 Å². The summed E-state index contributed by atoms with van der Waals surface area (Å²) < 4.78 is 0. The van der Waals surface area contributed by atoms with E-state index in [-0.39, 0.29) is 0 Å². The highest BCUT2D eigenvalue weighted by molar-refractivity contribution is 8.76. The van der Waals surface area contributed by atoms with Crippen molar-refractivity contribution < 1.29 is 0 Å². The van der Waals surface area contributed by atoms with E-state index in [1.165, 1.54) is 11.1 Å². The molecule has 0 heterocycles. The van der Waals surface area contributed by atoms with E-state index >= 15 is 0 Å². The molecule has 4 rings (SSSR count). The summed E-state index contributed by atoms with van der Waals surface area (Å²) in [4.78, 5) is 11.7. The number of hydrogen-bond acceptors (Lipinski definition) is 4. The number of nitrogens with zero attached hydrogens (tertiary/aromatic N) is 2. The molecule has 0 fully saturated rings. The highest BCUT2D eigenvalue weighted by Crippen LogP contribution is 2.44. The van der Waals surface area contributed by atoms with Crippen LogP contribution in [0.5, 0.6) is 0 Å². The highest BCUT2D eigenvalue weighted by Gasteiger charge is 2.06. The van der Waals surface area contributed by atoms with Crippen LogP contribution in [0, 0.1) is 13.8 Å². The van der Waals surface area contributed by atoms with E-state index in [0.717, 1.165) is 32.3 Å². The molecule has 0 aliphatic rings. The van der Waals surface area contributed by atoms with Gasteiger partial charge in [-0.25, -0.2) is 0 Å². The number of aryl methyl sites for hydroxylation is 2. The van der Waals surface area contributed by atoms with Gasteiger partial charge in [-0.05, 0) is 49.2 Å². The van der Waals surface area contributed by atoms with Crippen LogP contribution >= 0.6 is 21.6 Å². The van der Waals surface area contributed by atoms with Gasteiger partial charge in [0, 0.05) is 22.2 Å². The second-order valence-corrected chi connectivity index (χ2v) is 9.65. The lowest BCUT2D eigenvalue weighted by Crippen LogP contribution is -1.82. The van der Waals surface area contributed by atoms with Crippen LogP contribution in [-0.4, -0.2) is 12.4 Å². The molecule has 0 radical (unpaired) electrons. The molecule has 0 unspecified atom stereocenters. The standard InChI is InChI=1S/C28H24N2S2/c1-21-11-15-23(16-12-21)19-29-25-7-3-5-9-27(25)31-32-28-10-6-4-8-26(28)30-20-24-17-13-22(2)14-18-24/h3-20H,1-2H3.